The van der Waals surface area contributed by atoms with Gasteiger partial charge in [0.1, 0.15) is 30.1 Å². The first-order valence-electron chi connectivity index (χ1n) is 8.17. The van der Waals surface area contributed by atoms with Crippen molar-refractivity contribution in [2.45, 2.75) is 30.5 Å². The van der Waals surface area contributed by atoms with Crippen LogP contribution in [0.1, 0.15) is 19.5 Å². The van der Waals surface area contributed by atoms with Gasteiger partial charge in [0, 0.05) is 10.6 Å². The average molecular weight is 522 g/mol. The molecule has 1 fully saturated rings. The van der Waals surface area contributed by atoms with Crippen molar-refractivity contribution in [2.75, 3.05) is 18.3 Å². The maximum absolute atomic E-state index is 12.7. The summed E-state index contributed by atoms with van der Waals surface area (Å²) < 4.78 is 34.2. The molecule has 31 heavy (non-hydrogen) atoms. The molecule has 0 aromatic carbocycles. The maximum atomic E-state index is 12.7. The molecule has 1 aliphatic heterocycles. The van der Waals surface area contributed by atoms with Crippen molar-refractivity contribution < 1.29 is 61.7 Å². The van der Waals surface area contributed by atoms with E-state index >= 15 is 0 Å². The molecule has 2 rings (SSSR count). The van der Waals surface area contributed by atoms with Crippen LogP contribution in [0.4, 0.5) is 5.13 Å². The summed E-state index contributed by atoms with van der Waals surface area (Å²) in [6.45, 7) is 3.48. The monoisotopic (exact) mass is 521 g/mol. The summed E-state index contributed by atoms with van der Waals surface area (Å²) in [7, 11) is -3.84. The van der Waals surface area contributed by atoms with E-state index in [0.29, 0.717) is 0 Å². The number of anilines is 1. The number of carbonyl (C=O) groups excluding carboxylic acids is 3. The van der Waals surface area contributed by atoms with Crippen molar-refractivity contribution in [1.82, 2.24) is 14.6 Å². The van der Waals surface area contributed by atoms with Gasteiger partial charge < -0.3 is 20.0 Å². The first-order chi connectivity index (χ1) is 14.0. The molecule has 2 heterocycles. The van der Waals surface area contributed by atoms with E-state index in [1.165, 1.54) is 12.5 Å². The molecule has 1 saturated heterocycles. The van der Waals surface area contributed by atoms with Crippen molar-refractivity contribution in [3.8, 4) is 0 Å². The summed E-state index contributed by atoms with van der Waals surface area (Å²) in [6, 6.07) is -1.26. The third kappa shape index (κ3) is 7.02. The third-order valence-corrected chi connectivity index (χ3v) is 6.78. The largest absolute Gasteiger partial charge is 1.00 e. The van der Waals surface area contributed by atoms with Gasteiger partial charge in [0.05, 0.1) is 0 Å². The minimum absolute atomic E-state index is 0. The van der Waals surface area contributed by atoms with E-state index in [9.17, 15) is 27.4 Å². The summed E-state index contributed by atoms with van der Waals surface area (Å²) in [4.78, 5) is 44.9. The van der Waals surface area contributed by atoms with E-state index in [4.69, 9.17) is 11.6 Å². The number of nitrogens with one attached hydrogen (secondary N) is 2. The quantitative estimate of drug-likeness (QED) is 0.0854. The van der Waals surface area contributed by atoms with E-state index in [1.54, 1.807) is 13.8 Å². The number of oxime groups is 1. The van der Waals surface area contributed by atoms with Gasteiger partial charge in [-0.05, 0) is 0 Å². The zero-order valence-electron chi connectivity index (χ0n) is 16.8. The molecule has 2 atom stereocenters. The van der Waals surface area contributed by atoms with Crippen LogP contribution in [0.5, 0.6) is 0 Å². The van der Waals surface area contributed by atoms with E-state index in [2.05, 4.69) is 25.6 Å². The number of aromatic nitrogens is 1. The number of halogens is 1. The van der Waals surface area contributed by atoms with Gasteiger partial charge in [0.2, 0.25) is 5.91 Å². The molecule has 1 aromatic heterocycles. The Morgan fingerprint density at radius 1 is 1.48 bits per heavy atom. The van der Waals surface area contributed by atoms with Crippen LogP contribution in [0.3, 0.4) is 0 Å². The second-order valence-electron chi connectivity index (χ2n) is 5.96. The first kappa shape index (κ1) is 28.1. The first-order valence-corrected chi connectivity index (χ1v) is 11.9. The standard InChI is InChI=1S/C14H18ClN5O7S3.Na/c1-6(2)29-13-10(12(23)20(13)30(24,25)26)18-11(22)9(19-27-3)7-5-28-14(16-7)17-8(21)4-15;/h5-6,10,13H,4H2,1-3H3,(H,18,22)(H,16,17,21)(H,24,25,26);/q;+1/p-1/t10-,13+;/m0./s1. The molecule has 166 valence electrons. The zero-order valence-corrected chi connectivity index (χ0v) is 22.0. The Balaban J connectivity index is 0.00000480. The van der Waals surface area contributed by atoms with Crippen LogP contribution >= 0.6 is 34.7 Å². The smallest absolute Gasteiger partial charge is 0.731 e. The molecule has 0 aliphatic carbocycles. The number of alkyl halides is 1. The van der Waals surface area contributed by atoms with Crippen LogP contribution in [0.25, 0.3) is 0 Å². The van der Waals surface area contributed by atoms with Crippen molar-refractivity contribution in [2.24, 2.45) is 5.16 Å². The van der Waals surface area contributed by atoms with Crippen molar-refractivity contribution in [3.05, 3.63) is 11.1 Å². The maximum Gasteiger partial charge on any atom is 1.00 e. The van der Waals surface area contributed by atoms with Crippen LogP contribution in [-0.4, -0.2) is 75.3 Å². The number of amides is 3. The number of hydrogen-bond acceptors (Lipinski definition) is 11. The number of rotatable bonds is 9. The van der Waals surface area contributed by atoms with Gasteiger partial charge in [-0.3, -0.25) is 14.4 Å². The predicted octanol–water partition coefficient (Wildman–Crippen LogP) is -3.07. The van der Waals surface area contributed by atoms with Crippen molar-refractivity contribution in [3.63, 3.8) is 0 Å². The number of thiazole rings is 1. The Hall–Kier alpha value is -0.940. The Morgan fingerprint density at radius 2 is 2.13 bits per heavy atom. The van der Waals surface area contributed by atoms with Crippen molar-refractivity contribution in [1.29, 1.82) is 0 Å². The SMILES string of the molecule is CON=C(C(=O)N[C@H]1C(=O)N(S(=O)(=O)[O-])[C@@H]1SC(C)C)c1csc(NC(=O)CCl)n1.[Na+]. The molecular formula is C14H17ClN5NaO7S3. The summed E-state index contributed by atoms with van der Waals surface area (Å²) in [6.07, 6.45) is 0. The fourth-order valence-corrected chi connectivity index (χ4v) is 5.39. The molecule has 0 radical (unpaired) electrons. The van der Waals surface area contributed by atoms with Crippen LogP contribution in [0.15, 0.2) is 10.5 Å². The fraction of sp³-hybridized carbons (Fsp3) is 0.500. The molecule has 12 nitrogen and oxygen atoms in total. The molecule has 1 aliphatic rings. The average Bonchev–Trinajstić information content (AvgIpc) is 3.09. The van der Waals surface area contributed by atoms with Crippen LogP contribution in [0.2, 0.25) is 0 Å². The minimum atomic E-state index is -5.03. The molecule has 3 amide bonds. The van der Waals surface area contributed by atoms with Gasteiger partial charge in [-0.1, -0.05) is 19.0 Å². The summed E-state index contributed by atoms with van der Waals surface area (Å²) in [5.74, 6) is -2.72. The number of β-lactam (4-membered cyclic amide) rings is 1. The van der Waals surface area contributed by atoms with Gasteiger partial charge in [-0.2, -0.15) is 0 Å². The van der Waals surface area contributed by atoms with Crippen molar-refractivity contribution >= 4 is 73.6 Å². The van der Waals surface area contributed by atoms with E-state index in [1.807, 2.05) is 0 Å². The van der Waals surface area contributed by atoms with Gasteiger partial charge in [-0.25, -0.2) is 17.7 Å². The van der Waals surface area contributed by atoms with Crippen LogP contribution < -0.4 is 40.2 Å². The third-order valence-electron chi connectivity index (χ3n) is 3.45. The summed E-state index contributed by atoms with van der Waals surface area (Å²) >= 11 is 7.44. The Bertz CT molecular complexity index is 971. The van der Waals surface area contributed by atoms with Gasteiger partial charge >= 0.3 is 29.6 Å². The summed E-state index contributed by atoms with van der Waals surface area (Å²) in [5.41, 5.74) is -0.276. The Labute approximate surface area is 213 Å². The minimum Gasteiger partial charge on any atom is -0.731 e. The van der Waals surface area contributed by atoms with Crippen LogP contribution in [-0.2, 0) is 29.5 Å². The number of nitrogens with zero attached hydrogens (tertiary/aromatic N) is 3. The second-order valence-corrected chi connectivity index (χ2v) is 10.0. The van der Waals surface area contributed by atoms with E-state index in [-0.39, 0.29) is 61.5 Å². The molecule has 0 unspecified atom stereocenters. The summed E-state index contributed by atoms with van der Waals surface area (Å²) in [5, 5.41) is 8.71. The molecule has 17 heteroatoms. The normalized spacial score (nSPS) is 18.8. The molecule has 0 spiro atoms. The predicted molar refractivity (Wildman–Crippen MR) is 110 cm³/mol. The second kappa shape index (κ2) is 11.8. The van der Waals surface area contributed by atoms with Gasteiger partial charge in [-0.15, -0.1) is 34.7 Å². The van der Waals surface area contributed by atoms with E-state index < -0.39 is 39.4 Å². The molecule has 2 N–H and O–H groups in total. The molecule has 0 bridgehead atoms. The molecule has 1 aromatic rings. The van der Waals surface area contributed by atoms with Gasteiger partial charge in [0.15, 0.2) is 21.1 Å². The topological polar surface area (TPSA) is 170 Å². The van der Waals surface area contributed by atoms with Crippen LogP contribution in [0, 0.1) is 0 Å². The Kier molecular flexibility index (Phi) is 10.7. The fourth-order valence-electron chi connectivity index (χ4n) is 2.32. The number of carbonyl (C=O) groups is 3. The Morgan fingerprint density at radius 3 is 2.65 bits per heavy atom. The van der Waals surface area contributed by atoms with Gasteiger partial charge in [0.25, 0.3) is 11.8 Å². The number of thioether (sulfide) groups is 1. The molecule has 0 saturated carbocycles. The number of hydrogen-bond donors (Lipinski definition) is 2. The zero-order chi connectivity index (χ0) is 22.6. The van der Waals surface area contributed by atoms with E-state index in [0.717, 1.165) is 23.1 Å². The molecular weight excluding hydrogens is 505 g/mol.